The van der Waals surface area contributed by atoms with Gasteiger partial charge in [0.05, 0.1) is 23.4 Å². The minimum atomic E-state index is -0.981. The van der Waals surface area contributed by atoms with Gasteiger partial charge in [-0.1, -0.05) is 12.1 Å². The summed E-state index contributed by atoms with van der Waals surface area (Å²) in [7, 11) is 0. The maximum absolute atomic E-state index is 14.5. The molecule has 4 rings (SSSR count). The molecule has 2 N–H and O–H groups in total. The van der Waals surface area contributed by atoms with Crippen LogP contribution in [0.25, 0.3) is 32.9 Å². The molecule has 0 bridgehead atoms. The first kappa shape index (κ1) is 13.4. The monoisotopic (exact) mass is 310 g/mol. The third-order valence-electron chi connectivity index (χ3n) is 3.79. The minimum Gasteiger partial charge on any atom is -0.480 e. The summed E-state index contributed by atoms with van der Waals surface area (Å²) < 4.78 is 15.8. The molecule has 0 amide bonds. The van der Waals surface area contributed by atoms with Gasteiger partial charge in [0.15, 0.2) is 0 Å². The molecule has 7 heteroatoms. The molecule has 4 aromatic rings. The van der Waals surface area contributed by atoms with Gasteiger partial charge in [0.25, 0.3) is 0 Å². The van der Waals surface area contributed by atoms with Crippen molar-refractivity contribution >= 4 is 27.8 Å². The summed E-state index contributed by atoms with van der Waals surface area (Å²) in [4.78, 5) is 10.9. The number of rotatable bonds is 3. The molecule has 0 saturated heterocycles. The SMILES string of the molecule is O=C(O)Cn1ncc2c(-c3cc4[nH]ncc4cc3F)cccc21. The average molecular weight is 310 g/mol. The van der Waals surface area contributed by atoms with Crippen LogP contribution >= 0.6 is 0 Å². The second kappa shape index (κ2) is 4.91. The van der Waals surface area contributed by atoms with E-state index in [1.54, 1.807) is 36.7 Å². The first-order valence-electron chi connectivity index (χ1n) is 6.93. The van der Waals surface area contributed by atoms with E-state index in [2.05, 4.69) is 15.3 Å². The number of halogens is 1. The molecule has 2 aromatic heterocycles. The van der Waals surface area contributed by atoms with E-state index in [0.717, 1.165) is 5.52 Å². The Morgan fingerprint density at radius 3 is 2.96 bits per heavy atom. The summed E-state index contributed by atoms with van der Waals surface area (Å²) in [5.41, 5.74) is 2.46. The molecule has 0 unspecified atom stereocenters. The average Bonchev–Trinajstić information content (AvgIpc) is 3.12. The number of H-pyrrole nitrogens is 1. The molecule has 0 saturated carbocycles. The normalized spacial score (nSPS) is 11.3. The molecule has 2 aromatic carbocycles. The number of nitrogens with zero attached hydrogens (tertiary/aromatic N) is 3. The van der Waals surface area contributed by atoms with Crippen molar-refractivity contribution in [1.29, 1.82) is 0 Å². The van der Waals surface area contributed by atoms with Crippen LogP contribution in [0.4, 0.5) is 4.39 Å². The fourth-order valence-electron chi connectivity index (χ4n) is 2.76. The van der Waals surface area contributed by atoms with E-state index in [1.165, 1.54) is 10.7 Å². The second-order valence-electron chi connectivity index (χ2n) is 5.22. The van der Waals surface area contributed by atoms with Crippen molar-refractivity contribution in [3.8, 4) is 11.1 Å². The summed E-state index contributed by atoms with van der Waals surface area (Å²) in [5, 5.41) is 21.2. The number of aromatic nitrogens is 4. The van der Waals surface area contributed by atoms with Crippen molar-refractivity contribution in [2.45, 2.75) is 6.54 Å². The van der Waals surface area contributed by atoms with Crippen LogP contribution in [0.2, 0.25) is 0 Å². The zero-order valence-corrected chi connectivity index (χ0v) is 11.8. The topological polar surface area (TPSA) is 83.8 Å². The minimum absolute atomic E-state index is 0.241. The van der Waals surface area contributed by atoms with Crippen LogP contribution in [0, 0.1) is 5.82 Å². The number of hydrogen-bond donors (Lipinski definition) is 2. The van der Waals surface area contributed by atoms with Gasteiger partial charge in [-0.2, -0.15) is 10.2 Å². The fraction of sp³-hybridized carbons (Fsp3) is 0.0625. The maximum Gasteiger partial charge on any atom is 0.325 e. The lowest BCUT2D eigenvalue weighted by molar-refractivity contribution is -0.137. The molecule has 0 atom stereocenters. The number of carboxylic acids is 1. The molecule has 0 aliphatic heterocycles. The van der Waals surface area contributed by atoms with Crippen LogP contribution in [-0.4, -0.2) is 31.1 Å². The largest absolute Gasteiger partial charge is 0.480 e. The lowest BCUT2D eigenvalue weighted by Crippen LogP contribution is -2.09. The summed E-state index contributed by atoms with van der Waals surface area (Å²) in [5.74, 6) is -1.34. The zero-order valence-electron chi connectivity index (χ0n) is 11.8. The highest BCUT2D eigenvalue weighted by Gasteiger charge is 2.14. The highest BCUT2D eigenvalue weighted by Crippen LogP contribution is 2.32. The van der Waals surface area contributed by atoms with Crippen LogP contribution in [0.5, 0.6) is 0 Å². The van der Waals surface area contributed by atoms with E-state index < -0.39 is 5.97 Å². The summed E-state index contributed by atoms with van der Waals surface area (Å²) in [6.45, 7) is -0.241. The van der Waals surface area contributed by atoms with Gasteiger partial charge >= 0.3 is 5.97 Å². The van der Waals surface area contributed by atoms with Crippen LogP contribution in [0.15, 0.2) is 42.7 Å². The third-order valence-corrected chi connectivity index (χ3v) is 3.79. The quantitative estimate of drug-likeness (QED) is 0.609. The van der Waals surface area contributed by atoms with E-state index in [-0.39, 0.29) is 12.4 Å². The molecule has 0 fully saturated rings. The molecule has 0 aliphatic carbocycles. The number of hydrogen-bond acceptors (Lipinski definition) is 3. The van der Waals surface area contributed by atoms with E-state index in [9.17, 15) is 9.18 Å². The zero-order chi connectivity index (χ0) is 16.0. The number of aliphatic carboxylic acids is 1. The lowest BCUT2D eigenvalue weighted by Gasteiger charge is -2.06. The van der Waals surface area contributed by atoms with Crippen molar-refractivity contribution in [3.63, 3.8) is 0 Å². The van der Waals surface area contributed by atoms with Crippen molar-refractivity contribution in [2.24, 2.45) is 0 Å². The fourth-order valence-corrected chi connectivity index (χ4v) is 2.76. The summed E-state index contributed by atoms with van der Waals surface area (Å²) in [6, 6.07) is 8.43. The van der Waals surface area contributed by atoms with Crippen LogP contribution in [-0.2, 0) is 11.3 Å². The highest BCUT2D eigenvalue weighted by atomic mass is 19.1. The smallest absolute Gasteiger partial charge is 0.325 e. The van der Waals surface area contributed by atoms with Gasteiger partial charge in [-0.3, -0.25) is 14.6 Å². The first-order chi connectivity index (χ1) is 11.1. The lowest BCUT2D eigenvalue weighted by atomic mass is 10.0. The molecule has 2 heterocycles. The Balaban J connectivity index is 1.95. The Bertz CT molecular complexity index is 1050. The molecule has 23 heavy (non-hydrogen) atoms. The van der Waals surface area contributed by atoms with Gasteiger partial charge in [0.1, 0.15) is 12.4 Å². The summed E-state index contributed by atoms with van der Waals surface area (Å²) >= 11 is 0. The molecule has 0 spiro atoms. The highest BCUT2D eigenvalue weighted by molar-refractivity contribution is 5.97. The molecule has 0 radical (unpaired) electrons. The molecular formula is C16H11FN4O2. The van der Waals surface area contributed by atoms with E-state index in [4.69, 9.17) is 5.11 Å². The van der Waals surface area contributed by atoms with Crippen LogP contribution in [0.3, 0.4) is 0 Å². The predicted octanol–water partition coefficient (Wildman–Crippen LogP) is 2.80. The Hall–Kier alpha value is -3.22. The Labute approximate surface area is 129 Å². The van der Waals surface area contributed by atoms with Gasteiger partial charge in [-0.25, -0.2) is 4.39 Å². The molecule has 0 aliphatic rings. The molecular weight excluding hydrogens is 299 g/mol. The standard InChI is InChI=1S/C16H11FN4O2/c17-13-4-9-6-18-20-14(9)5-11(13)10-2-1-3-15-12(10)7-19-21(15)8-16(22)23/h1-7H,8H2,(H,18,20)(H,22,23). The second-order valence-corrected chi connectivity index (χ2v) is 5.22. The molecule has 114 valence electrons. The van der Waals surface area contributed by atoms with Crippen molar-refractivity contribution < 1.29 is 14.3 Å². The number of aromatic amines is 1. The molecule has 6 nitrogen and oxygen atoms in total. The van der Waals surface area contributed by atoms with Crippen LogP contribution in [0.1, 0.15) is 0 Å². The third kappa shape index (κ3) is 2.13. The van der Waals surface area contributed by atoms with Crippen molar-refractivity contribution in [1.82, 2.24) is 20.0 Å². The number of benzene rings is 2. The Morgan fingerprint density at radius 2 is 2.13 bits per heavy atom. The number of nitrogens with one attached hydrogen (secondary N) is 1. The van der Waals surface area contributed by atoms with E-state index in [0.29, 0.717) is 27.4 Å². The summed E-state index contributed by atoms with van der Waals surface area (Å²) in [6.07, 6.45) is 3.12. The van der Waals surface area contributed by atoms with Gasteiger partial charge < -0.3 is 5.11 Å². The van der Waals surface area contributed by atoms with Gasteiger partial charge in [0.2, 0.25) is 0 Å². The van der Waals surface area contributed by atoms with Gasteiger partial charge in [-0.15, -0.1) is 0 Å². The number of fused-ring (bicyclic) bond motifs is 2. The number of carbonyl (C=O) groups is 1. The predicted molar refractivity (Wildman–Crippen MR) is 82.4 cm³/mol. The Kier molecular flexibility index (Phi) is 2.87. The first-order valence-corrected chi connectivity index (χ1v) is 6.93. The van der Waals surface area contributed by atoms with Gasteiger partial charge in [-0.05, 0) is 23.8 Å². The number of carboxylic acid groups (broad SMARTS) is 1. The van der Waals surface area contributed by atoms with Crippen molar-refractivity contribution in [3.05, 3.63) is 48.5 Å². The van der Waals surface area contributed by atoms with Gasteiger partial charge in [0, 0.05) is 16.3 Å². The van der Waals surface area contributed by atoms with Crippen LogP contribution < -0.4 is 0 Å². The Morgan fingerprint density at radius 1 is 1.26 bits per heavy atom. The van der Waals surface area contributed by atoms with Crippen molar-refractivity contribution in [2.75, 3.05) is 0 Å². The van der Waals surface area contributed by atoms with E-state index in [1.807, 2.05) is 0 Å². The maximum atomic E-state index is 14.5. The van der Waals surface area contributed by atoms with E-state index >= 15 is 0 Å².